The second-order valence-electron chi connectivity index (χ2n) is 6.93. The molecule has 1 amide bonds. The molecule has 0 saturated heterocycles. The molecule has 0 bridgehead atoms. The first-order valence-corrected chi connectivity index (χ1v) is 9.60. The van der Waals surface area contributed by atoms with Gasteiger partial charge in [0.2, 0.25) is 5.91 Å². The number of nitrogens with one attached hydrogen (secondary N) is 1. The molecule has 0 unspecified atom stereocenters. The number of ketones is 1. The summed E-state index contributed by atoms with van der Waals surface area (Å²) in [5, 5.41) is 2.85. The Balaban J connectivity index is 2.02. The molecular formula is C23H27NO5. The van der Waals surface area contributed by atoms with Gasteiger partial charge in [0.05, 0.1) is 25.7 Å². The highest BCUT2D eigenvalue weighted by atomic mass is 16.5. The fourth-order valence-corrected chi connectivity index (χ4v) is 2.83. The molecule has 0 aliphatic heterocycles. The lowest BCUT2D eigenvalue weighted by Crippen LogP contribution is -2.31. The third kappa shape index (κ3) is 7.41. The molecule has 2 aromatic carbocycles. The highest BCUT2D eigenvalue weighted by Gasteiger charge is 2.21. The number of benzene rings is 2. The maximum atomic E-state index is 12.4. The van der Waals surface area contributed by atoms with Crippen molar-refractivity contribution in [2.24, 2.45) is 0 Å². The third-order valence-electron chi connectivity index (χ3n) is 4.27. The molecule has 1 atom stereocenters. The van der Waals surface area contributed by atoms with E-state index in [9.17, 15) is 14.4 Å². The van der Waals surface area contributed by atoms with Gasteiger partial charge in [-0.3, -0.25) is 14.4 Å². The van der Waals surface area contributed by atoms with Gasteiger partial charge in [0, 0.05) is 18.4 Å². The number of methoxy groups -OCH3 is 1. The first kappa shape index (κ1) is 22.1. The summed E-state index contributed by atoms with van der Waals surface area (Å²) in [5.74, 6) is -0.119. The van der Waals surface area contributed by atoms with Crippen LogP contribution in [0.4, 0.5) is 0 Å². The van der Waals surface area contributed by atoms with E-state index in [2.05, 4.69) is 5.32 Å². The zero-order valence-corrected chi connectivity index (χ0v) is 17.0. The van der Waals surface area contributed by atoms with Crippen LogP contribution < -0.4 is 10.1 Å². The van der Waals surface area contributed by atoms with Crippen LogP contribution in [0.2, 0.25) is 0 Å². The van der Waals surface area contributed by atoms with Crippen molar-refractivity contribution in [1.82, 2.24) is 5.32 Å². The van der Waals surface area contributed by atoms with Crippen molar-refractivity contribution < 1.29 is 23.9 Å². The van der Waals surface area contributed by atoms with Crippen molar-refractivity contribution in [3.63, 3.8) is 0 Å². The topological polar surface area (TPSA) is 81.7 Å². The number of carbonyl (C=O) groups is 3. The number of Topliss-reactive ketones (excluding diaryl/α,β-unsaturated/α-hetero) is 1. The van der Waals surface area contributed by atoms with Gasteiger partial charge in [-0.1, -0.05) is 42.5 Å². The lowest BCUT2D eigenvalue weighted by atomic mass is 10.0. The van der Waals surface area contributed by atoms with Crippen LogP contribution in [0, 0.1) is 0 Å². The molecule has 154 valence electrons. The summed E-state index contributed by atoms with van der Waals surface area (Å²) in [6.45, 7) is 3.54. The quantitative estimate of drug-likeness (QED) is 0.486. The fourth-order valence-electron chi connectivity index (χ4n) is 2.83. The average molecular weight is 397 g/mol. The molecule has 29 heavy (non-hydrogen) atoms. The average Bonchev–Trinajstić information content (AvgIpc) is 2.71. The second-order valence-corrected chi connectivity index (χ2v) is 6.93. The molecule has 2 aromatic rings. The van der Waals surface area contributed by atoms with Crippen molar-refractivity contribution in [3.05, 3.63) is 65.7 Å². The number of hydrogen-bond donors (Lipinski definition) is 1. The van der Waals surface area contributed by atoms with E-state index in [0.29, 0.717) is 11.3 Å². The molecule has 2 rings (SSSR count). The fraction of sp³-hybridized carbons (Fsp3) is 0.348. The van der Waals surface area contributed by atoms with Gasteiger partial charge in [0.1, 0.15) is 5.75 Å². The standard InChI is InChI=1S/C23H27NO5/c1-16(2)29-23(27)15-20(17-9-11-19(28-3)12-10-17)24-22(26)14-13-21(25)18-7-5-4-6-8-18/h4-12,16,20H,13-15H2,1-3H3,(H,24,26)/t20-/m1/s1. The largest absolute Gasteiger partial charge is 0.497 e. The van der Waals surface area contributed by atoms with Crippen LogP contribution in [-0.2, 0) is 14.3 Å². The maximum absolute atomic E-state index is 12.4. The van der Waals surface area contributed by atoms with Gasteiger partial charge in [0.15, 0.2) is 5.78 Å². The summed E-state index contributed by atoms with van der Waals surface area (Å²) >= 11 is 0. The van der Waals surface area contributed by atoms with Gasteiger partial charge in [-0.2, -0.15) is 0 Å². The van der Waals surface area contributed by atoms with E-state index >= 15 is 0 Å². The number of hydrogen-bond acceptors (Lipinski definition) is 5. The van der Waals surface area contributed by atoms with Gasteiger partial charge >= 0.3 is 5.97 Å². The minimum absolute atomic E-state index is 0.00286. The van der Waals surface area contributed by atoms with Crippen molar-refractivity contribution in [1.29, 1.82) is 0 Å². The molecule has 1 N–H and O–H groups in total. The molecule has 0 fully saturated rings. The number of amides is 1. The smallest absolute Gasteiger partial charge is 0.308 e. The van der Waals surface area contributed by atoms with Crippen LogP contribution >= 0.6 is 0 Å². The van der Waals surface area contributed by atoms with Crippen LogP contribution in [0.15, 0.2) is 54.6 Å². The minimum atomic E-state index is -0.550. The highest BCUT2D eigenvalue weighted by Crippen LogP contribution is 2.21. The SMILES string of the molecule is COc1ccc([C@@H](CC(=O)OC(C)C)NC(=O)CCC(=O)c2ccccc2)cc1. The minimum Gasteiger partial charge on any atom is -0.497 e. The molecule has 0 spiro atoms. The summed E-state index contributed by atoms with van der Waals surface area (Å²) in [6, 6.07) is 15.4. The molecular weight excluding hydrogens is 370 g/mol. The number of ether oxygens (including phenoxy) is 2. The Morgan fingerprint density at radius 3 is 2.17 bits per heavy atom. The Hall–Kier alpha value is -3.15. The van der Waals surface area contributed by atoms with E-state index < -0.39 is 12.0 Å². The normalized spacial score (nSPS) is 11.6. The summed E-state index contributed by atoms with van der Waals surface area (Å²) in [4.78, 5) is 36.8. The second kappa shape index (κ2) is 11.0. The van der Waals surface area contributed by atoms with E-state index in [0.717, 1.165) is 5.56 Å². The van der Waals surface area contributed by atoms with E-state index in [-0.39, 0.29) is 37.1 Å². The lowest BCUT2D eigenvalue weighted by molar-refractivity contribution is -0.148. The Morgan fingerprint density at radius 2 is 1.59 bits per heavy atom. The maximum Gasteiger partial charge on any atom is 0.308 e. The zero-order valence-electron chi connectivity index (χ0n) is 17.0. The molecule has 0 aliphatic carbocycles. The van der Waals surface area contributed by atoms with Crippen LogP contribution in [0.1, 0.15) is 55.1 Å². The van der Waals surface area contributed by atoms with Gasteiger partial charge < -0.3 is 14.8 Å². The molecule has 6 nitrogen and oxygen atoms in total. The number of rotatable bonds is 10. The Morgan fingerprint density at radius 1 is 0.931 bits per heavy atom. The summed E-state index contributed by atoms with van der Waals surface area (Å²) in [7, 11) is 1.57. The van der Waals surface area contributed by atoms with Crippen LogP contribution in [0.5, 0.6) is 5.75 Å². The van der Waals surface area contributed by atoms with E-state index in [1.807, 2.05) is 6.07 Å². The number of esters is 1. The van der Waals surface area contributed by atoms with Crippen molar-refractivity contribution in [2.75, 3.05) is 7.11 Å². The van der Waals surface area contributed by atoms with Gasteiger partial charge in [0.25, 0.3) is 0 Å². The summed E-state index contributed by atoms with van der Waals surface area (Å²) in [5.41, 5.74) is 1.33. The Bertz CT molecular complexity index is 815. The molecule has 0 aromatic heterocycles. The zero-order chi connectivity index (χ0) is 21.2. The Labute approximate surface area is 171 Å². The summed E-state index contributed by atoms with van der Waals surface area (Å²) < 4.78 is 10.4. The first-order chi connectivity index (χ1) is 13.9. The third-order valence-corrected chi connectivity index (χ3v) is 4.27. The predicted octanol–water partition coefficient (Wildman–Crippen LogP) is 3.86. The van der Waals surface area contributed by atoms with Crippen molar-refractivity contribution in [2.45, 2.75) is 45.3 Å². The molecule has 0 saturated carbocycles. The Kier molecular flexibility index (Phi) is 8.40. The molecule has 6 heteroatoms. The van der Waals surface area contributed by atoms with E-state index in [4.69, 9.17) is 9.47 Å². The van der Waals surface area contributed by atoms with E-state index in [1.165, 1.54) is 0 Å². The molecule has 0 heterocycles. The van der Waals surface area contributed by atoms with Crippen LogP contribution in [-0.4, -0.2) is 30.9 Å². The number of carbonyl (C=O) groups excluding carboxylic acids is 3. The van der Waals surface area contributed by atoms with Gasteiger partial charge in [-0.25, -0.2) is 0 Å². The van der Waals surface area contributed by atoms with Crippen molar-refractivity contribution in [3.8, 4) is 5.75 Å². The van der Waals surface area contributed by atoms with Gasteiger partial charge in [-0.15, -0.1) is 0 Å². The molecule has 0 aliphatic rings. The van der Waals surface area contributed by atoms with Crippen molar-refractivity contribution >= 4 is 17.7 Å². The first-order valence-electron chi connectivity index (χ1n) is 9.60. The molecule has 0 radical (unpaired) electrons. The van der Waals surface area contributed by atoms with Crippen LogP contribution in [0.25, 0.3) is 0 Å². The lowest BCUT2D eigenvalue weighted by Gasteiger charge is -2.20. The predicted molar refractivity (Wildman–Crippen MR) is 110 cm³/mol. The van der Waals surface area contributed by atoms with Crippen LogP contribution in [0.3, 0.4) is 0 Å². The van der Waals surface area contributed by atoms with Gasteiger partial charge in [-0.05, 0) is 31.5 Å². The highest BCUT2D eigenvalue weighted by molar-refractivity contribution is 5.97. The van der Waals surface area contributed by atoms with E-state index in [1.54, 1.807) is 69.5 Å². The summed E-state index contributed by atoms with van der Waals surface area (Å²) in [6.07, 6.45) is -0.0948. The monoisotopic (exact) mass is 397 g/mol.